The van der Waals surface area contributed by atoms with E-state index in [-0.39, 0.29) is 18.1 Å². The summed E-state index contributed by atoms with van der Waals surface area (Å²) < 4.78 is 9.62. The van der Waals surface area contributed by atoms with Crippen LogP contribution in [0.4, 0.5) is 4.79 Å². The molecule has 2 aliphatic rings. The normalized spacial score (nSPS) is 17.6. The standard InChI is InChI=1S/C30H33N5O2/c1-21-26-20-34(30(36)31-23-10-5-3-6-11-23)28(22-15-17-25(37-2)18-16-22)27-14-9-19-33(27)29(26)35(32-21)24-12-7-4-8-13-24/h4,7-9,12-19,23,28H,3,5-6,10-11,20H2,1-2H3,(H,31,36). The van der Waals surface area contributed by atoms with Crippen molar-refractivity contribution in [2.45, 2.75) is 57.7 Å². The van der Waals surface area contributed by atoms with Crippen LogP contribution in [0.25, 0.3) is 11.5 Å². The van der Waals surface area contributed by atoms with Crippen molar-refractivity contribution in [1.29, 1.82) is 0 Å². The number of aryl methyl sites for hydroxylation is 1. The summed E-state index contributed by atoms with van der Waals surface area (Å²) in [6, 6.07) is 22.3. The highest BCUT2D eigenvalue weighted by Gasteiger charge is 2.36. The van der Waals surface area contributed by atoms with Gasteiger partial charge in [-0.15, -0.1) is 0 Å². The first-order valence-electron chi connectivity index (χ1n) is 13.2. The maximum Gasteiger partial charge on any atom is 0.318 e. The van der Waals surface area contributed by atoms with E-state index in [1.54, 1.807) is 7.11 Å². The Morgan fingerprint density at radius 3 is 2.46 bits per heavy atom. The van der Waals surface area contributed by atoms with E-state index in [0.29, 0.717) is 6.54 Å². The molecule has 1 atom stereocenters. The van der Waals surface area contributed by atoms with Crippen LogP contribution < -0.4 is 10.1 Å². The Morgan fingerprint density at radius 1 is 0.973 bits per heavy atom. The Morgan fingerprint density at radius 2 is 1.73 bits per heavy atom. The summed E-state index contributed by atoms with van der Waals surface area (Å²) in [5, 5.41) is 8.31. The number of urea groups is 1. The molecule has 1 unspecified atom stereocenters. The van der Waals surface area contributed by atoms with Crippen molar-refractivity contribution < 1.29 is 9.53 Å². The van der Waals surface area contributed by atoms with Crippen LogP contribution in [0.2, 0.25) is 0 Å². The van der Waals surface area contributed by atoms with Gasteiger partial charge in [0.25, 0.3) is 0 Å². The summed E-state index contributed by atoms with van der Waals surface area (Å²) in [6.45, 7) is 2.50. The molecule has 2 aromatic carbocycles. The third-order valence-electron chi connectivity index (χ3n) is 7.71. The molecule has 1 aliphatic carbocycles. The Bertz CT molecular complexity index is 1380. The van der Waals surface area contributed by atoms with Crippen molar-refractivity contribution in [1.82, 2.24) is 24.6 Å². The number of para-hydroxylation sites is 1. The number of hydrogen-bond acceptors (Lipinski definition) is 3. The summed E-state index contributed by atoms with van der Waals surface area (Å²) in [5.41, 5.74) is 5.04. The Hall–Kier alpha value is -4.00. The van der Waals surface area contributed by atoms with Gasteiger partial charge in [-0.1, -0.05) is 49.6 Å². The molecule has 7 heteroatoms. The van der Waals surface area contributed by atoms with Crippen LogP contribution >= 0.6 is 0 Å². The van der Waals surface area contributed by atoms with Gasteiger partial charge >= 0.3 is 6.03 Å². The number of fused-ring (bicyclic) bond motifs is 3. The molecule has 6 rings (SSSR count). The number of methoxy groups -OCH3 is 1. The van der Waals surface area contributed by atoms with Crippen molar-refractivity contribution in [3.63, 3.8) is 0 Å². The molecule has 7 nitrogen and oxygen atoms in total. The molecular weight excluding hydrogens is 462 g/mol. The monoisotopic (exact) mass is 495 g/mol. The second-order valence-corrected chi connectivity index (χ2v) is 10.0. The van der Waals surface area contributed by atoms with E-state index in [2.05, 4.69) is 52.5 Å². The molecule has 1 N–H and O–H groups in total. The maximum absolute atomic E-state index is 14.0. The van der Waals surface area contributed by atoms with Crippen molar-refractivity contribution in [2.75, 3.05) is 7.11 Å². The average Bonchev–Trinajstić information content (AvgIpc) is 3.50. The van der Waals surface area contributed by atoms with Gasteiger partial charge in [0.2, 0.25) is 0 Å². The summed E-state index contributed by atoms with van der Waals surface area (Å²) in [6.07, 6.45) is 7.75. The third kappa shape index (κ3) is 4.28. The highest BCUT2D eigenvalue weighted by atomic mass is 16.5. The molecule has 0 radical (unpaired) electrons. The van der Waals surface area contributed by atoms with Crippen molar-refractivity contribution in [3.8, 4) is 17.3 Å². The first-order chi connectivity index (χ1) is 18.1. The molecule has 1 saturated carbocycles. The Kier molecular flexibility index (Phi) is 6.20. The molecular formula is C30H33N5O2. The van der Waals surface area contributed by atoms with Crippen LogP contribution in [0.1, 0.15) is 60.7 Å². The van der Waals surface area contributed by atoms with Crippen molar-refractivity contribution in [2.24, 2.45) is 0 Å². The summed E-state index contributed by atoms with van der Waals surface area (Å²) in [5.74, 6) is 1.78. The van der Waals surface area contributed by atoms with E-state index >= 15 is 0 Å². The number of hydrogen-bond donors (Lipinski definition) is 1. The fraction of sp³-hybridized carbons (Fsp3) is 0.333. The largest absolute Gasteiger partial charge is 0.497 e. The van der Waals surface area contributed by atoms with Crippen LogP contribution in [0.5, 0.6) is 5.75 Å². The molecule has 4 aromatic rings. The molecule has 0 saturated heterocycles. The van der Waals surface area contributed by atoms with Crippen LogP contribution in [0.3, 0.4) is 0 Å². The predicted molar refractivity (Wildman–Crippen MR) is 143 cm³/mol. The van der Waals surface area contributed by atoms with Gasteiger partial charge in [0.05, 0.1) is 36.8 Å². The summed E-state index contributed by atoms with van der Waals surface area (Å²) >= 11 is 0. The zero-order chi connectivity index (χ0) is 25.4. The summed E-state index contributed by atoms with van der Waals surface area (Å²) in [7, 11) is 1.67. The fourth-order valence-corrected chi connectivity index (χ4v) is 5.79. The van der Waals surface area contributed by atoms with E-state index in [1.807, 2.05) is 46.8 Å². The van der Waals surface area contributed by atoms with Gasteiger partial charge in [-0.2, -0.15) is 5.10 Å². The SMILES string of the molecule is COc1ccc(C2c3cccn3-c3c(c(C)nn3-c3ccccc3)CN2C(=O)NC2CCCCC2)cc1. The lowest BCUT2D eigenvalue weighted by Crippen LogP contribution is -2.46. The molecule has 0 spiro atoms. The third-order valence-corrected chi connectivity index (χ3v) is 7.71. The lowest BCUT2D eigenvalue weighted by molar-refractivity contribution is 0.173. The Balaban J connectivity index is 1.50. The fourth-order valence-electron chi connectivity index (χ4n) is 5.79. The topological polar surface area (TPSA) is 64.3 Å². The molecule has 1 aliphatic heterocycles. The lowest BCUT2D eigenvalue weighted by Gasteiger charge is -2.33. The number of carbonyl (C=O) groups excluding carboxylic acids is 1. The smallest absolute Gasteiger partial charge is 0.318 e. The average molecular weight is 496 g/mol. The zero-order valence-corrected chi connectivity index (χ0v) is 21.4. The minimum absolute atomic E-state index is 0.0276. The highest BCUT2D eigenvalue weighted by molar-refractivity contribution is 5.76. The molecule has 2 aromatic heterocycles. The minimum Gasteiger partial charge on any atom is -0.497 e. The maximum atomic E-state index is 14.0. The molecule has 1 fully saturated rings. The van der Waals surface area contributed by atoms with Crippen LogP contribution in [-0.4, -0.2) is 38.4 Å². The van der Waals surface area contributed by atoms with Gasteiger partial charge in [-0.05, 0) is 61.7 Å². The minimum atomic E-state index is -0.263. The van der Waals surface area contributed by atoms with Gasteiger partial charge < -0.3 is 19.5 Å². The second kappa shape index (κ2) is 9.81. The first kappa shape index (κ1) is 23.4. The number of ether oxygens (including phenoxy) is 1. The predicted octanol–water partition coefficient (Wildman–Crippen LogP) is 5.93. The van der Waals surface area contributed by atoms with Crippen molar-refractivity contribution >= 4 is 6.03 Å². The van der Waals surface area contributed by atoms with E-state index < -0.39 is 0 Å². The zero-order valence-electron chi connectivity index (χ0n) is 21.4. The summed E-state index contributed by atoms with van der Waals surface area (Å²) in [4.78, 5) is 16.0. The molecule has 2 amide bonds. The quantitative estimate of drug-likeness (QED) is 0.382. The Labute approximate surface area is 217 Å². The number of rotatable bonds is 4. The molecule has 3 heterocycles. The van der Waals surface area contributed by atoms with Crippen molar-refractivity contribution in [3.05, 3.63) is 95.4 Å². The van der Waals surface area contributed by atoms with E-state index in [9.17, 15) is 4.79 Å². The highest BCUT2D eigenvalue weighted by Crippen LogP contribution is 2.39. The van der Waals surface area contributed by atoms with Gasteiger partial charge in [-0.3, -0.25) is 0 Å². The molecule has 0 bridgehead atoms. The molecule has 37 heavy (non-hydrogen) atoms. The van der Waals surface area contributed by atoms with Gasteiger partial charge in [0.1, 0.15) is 11.6 Å². The van der Waals surface area contributed by atoms with Gasteiger partial charge in [0.15, 0.2) is 0 Å². The van der Waals surface area contributed by atoms with E-state index in [4.69, 9.17) is 9.84 Å². The second-order valence-electron chi connectivity index (χ2n) is 10.0. The number of nitrogens with one attached hydrogen (secondary N) is 1. The van der Waals surface area contributed by atoms with E-state index in [1.165, 1.54) is 19.3 Å². The van der Waals surface area contributed by atoms with Crippen LogP contribution in [-0.2, 0) is 6.54 Å². The van der Waals surface area contributed by atoms with E-state index in [0.717, 1.165) is 52.6 Å². The number of nitrogens with zero attached hydrogens (tertiary/aromatic N) is 4. The number of benzene rings is 2. The molecule has 190 valence electrons. The number of amides is 2. The van der Waals surface area contributed by atoms with Crippen LogP contribution in [0.15, 0.2) is 72.9 Å². The van der Waals surface area contributed by atoms with Gasteiger partial charge in [0, 0.05) is 17.8 Å². The number of aromatic nitrogens is 3. The number of carbonyl (C=O) groups is 1. The first-order valence-corrected chi connectivity index (χ1v) is 13.2. The van der Waals surface area contributed by atoms with Crippen LogP contribution in [0, 0.1) is 6.92 Å². The lowest BCUT2D eigenvalue weighted by atomic mass is 9.95. The van der Waals surface area contributed by atoms with Gasteiger partial charge in [-0.25, -0.2) is 9.48 Å².